The maximum Gasteiger partial charge on any atom is 0.343 e. The van der Waals surface area contributed by atoms with Crippen LogP contribution in [0.5, 0.6) is 5.75 Å². The molecule has 0 radical (unpaired) electrons. The Labute approximate surface area is 201 Å². The summed E-state index contributed by atoms with van der Waals surface area (Å²) in [5.41, 5.74) is 6.24. The number of nitrogens with zero attached hydrogens (tertiary/aromatic N) is 1. The fourth-order valence-electron chi connectivity index (χ4n) is 3.63. The van der Waals surface area contributed by atoms with Crippen LogP contribution in [-0.4, -0.2) is 29.7 Å². The molecule has 0 aliphatic heterocycles. The molecule has 7 nitrogen and oxygen atoms in total. The number of hydrogen-bond donors (Lipinski definition) is 1. The lowest BCUT2D eigenvalue weighted by Gasteiger charge is -2.34. The van der Waals surface area contributed by atoms with Crippen molar-refractivity contribution in [2.24, 2.45) is 5.73 Å². The van der Waals surface area contributed by atoms with E-state index in [0.29, 0.717) is 36.0 Å². The van der Waals surface area contributed by atoms with Crippen molar-refractivity contribution in [3.8, 4) is 17.2 Å². The maximum atomic E-state index is 13.2. The fourth-order valence-corrected chi connectivity index (χ4v) is 3.63. The molecule has 0 fully saturated rings. The lowest BCUT2D eigenvalue weighted by atomic mass is 9.89. The number of benzene rings is 2. The molecule has 0 aliphatic carbocycles. The fraction of sp³-hybridized carbons (Fsp3) is 0.407. The highest BCUT2D eigenvalue weighted by Crippen LogP contribution is 2.34. The Balaban J connectivity index is 1.77. The minimum Gasteiger partial charge on any atom is -0.487 e. The van der Waals surface area contributed by atoms with Crippen LogP contribution in [0.25, 0.3) is 11.5 Å². The van der Waals surface area contributed by atoms with Crippen molar-refractivity contribution in [1.29, 1.82) is 0 Å². The number of aromatic nitrogens is 1. The smallest absolute Gasteiger partial charge is 0.343 e. The topological polar surface area (TPSA) is 96.8 Å². The molecule has 0 saturated heterocycles. The largest absolute Gasteiger partial charge is 0.487 e. The molecule has 7 heteroatoms. The van der Waals surface area contributed by atoms with Crippen LogP contribution in [0, 0.1) is 6.92 Å². The predicted octanol–water partition coefficient (Wildman–Crippen LogP) is 5.15. The molecule has 182 valence electrons. The quantitative estimate of drug-likeness (QED) is 0.413. The second-order valence-electron chi connectivity index (χ2n) is 9.00. The molecule has 0 aliphatic rings. The second kappa shape index (κ2) is 10.8. The van der Waals surface area contributed by atoms with Crippen molar-refractivity contribution < 1.29 is 23.4 Å². The predicted molar refractivity (Wildman–Crippen MR) is 130 cm³/mol. The molecular formula is C27H34N2O5. The highest BCUT2D eigenvalue weighted by molar-refractivity contribution is 5.82. The number of carbonyl (C=O) groups excluding carboxylic acids is 1. The number of esters is 1. The monoisotopic (exact) mass is 466 g/mol. The molecular weight excluding hydrogens is 432 g/mol. The van der Waals surface area contributed by atoms with Gasteiger partial charge in [-0.05, 0) is 71.0 Å². The lowest BCUT2D eigenvalue weighted by molar-refractivity contribution is -0.186. The number of nitrogens with two attached hydrogens (primary N) is 1. The van der Waals surface area contributed by atoms with Gasteiger partial charge in [0.15, 0.2) is 5.60 Å². The van der Waals surface area contributed by atoms with Gasteiger partial charge >= 0.3 is 5.97 Å². The van der Waals surface area contributed by atoms with Gasteiger partial charge in [-0.25, -0.2) is 9.78 Å². The summed E-state index contributed by atoms with van der Waals surface area (Å²) in [5, 5.41) is 0. The third-order valence-electron chi connectivity index (χ3n) is 5.23. The standard InChI is InChI=1S/C27H34N2O5/c1-6-32-27(16-17-28,25(30)34-26(3,4)5)21-12-14-22(15-13-21)31-18-23-19(2)33-24(29-23)20-10-8-7-9-11-20/h7-15H,6,16-18,28H2,1-5H3. The molecule has 0 amide bonds. The Morgan fingerprint density at radius 2 is 1.74 bits per heavy atom. The lowest BCUT2D eigenvalue weighted by Crippen LogP contribution is -2.45. The van der Waals surface area contributed by atoms with Crippen LogP contribution in [-0.2, 0) is 26.5 Å². The molecule has 34 heavy (non-hydrogen) atoms. The van der Waals surface area contributed by atoms with Crippen molar-refractivity contribution in [2.45, 2.75) is 58.8 Å². The first kappa shape index (κ1) is 25.5. The number of hydrogen-bond acceptors (Lipinski definition) is 7. The van der Waals surface area contributed by atoms with Crippen LogP contribution in [0.1, 0.15) is 51.1 Å². The number of carbonyl (C=O) groups is 1. The molecule has 1 aromatic heterocycles. The number of aryl methyl sites for hydroxylation is 1. The van der Waals surface area contributed by atoms with Crippen molar-refractivity contribution in [3.05, 3.63) is 71.6 Å². The highest BCUT2D eigenvalue weighted by atomic mass is 16.6. The molecule has 3 aromatic rings. The average Bonchev–Trinajstić information content (AvgIpc) is 3.18. The average molecular weight is 467 g/mol. The van der Waals surface area contributed by atoms with E-state index in [4.69, 9.17) is 24.4 Å². The first-order chi connectivity index (χ1) is 16.2. The van der Waals surface area contributed by atoms with E-state index in [1.807, 2.05) is 77.1 Å². The van der Waals surface area contributed by atoms with Gasteiger partial charge in [0.1, 0.15) is 29.4 Å². The number of ether oxygens (including phenoxy) is 3. The molecule has 0 spiro atoms. The SMILES string of the molecule is CCOC(CCN)(C(=O)OC(C)(C)C)c1ccc(OCc2nc(-c3ccccc3)oc2C)cc1. The maximum absolute atomic E-state index is 13.2. The molecule has 3 rings (SSSR count). The minimum absolute atomic E-state index is 0.257. The van der Waals surface area contributed by atoms with Crippen LogP contribution in [0.3, 0.4) is 0 Å². The van der Waals surface area contributed by atoms with Gasteiger partial charge in [0.25, 0.3) is 0 Å². The van der Waals surface area contributed by atoms with E-state index in [1.165, 1.54) is 0 Å². The van der Waals surface area contributed by atoms with Crippen LogP contribution >= 0.6 is 0 Å². The van der Waals surface area contributed by atoms with E-state index in [-0.39, 0.29) is 13.2 Å². The molecule has 1 unspecified atom stereocenters. The number of rotatable bonds is 10. The molecule has 1 heterocycles. The summed E-state index contributed by atoms with van der Waals surface area (Å²) >= 11 is 0. The van der Waals surface area contributed by atoms with Crippen molar-refractivity contribution >= 4 is 5.97 Å². The van der Waals surface area contributed by atoms with Crippen LogP contribution in [0.4, 0.5) is 0 Å². The van der Waals surface area contributed by atoms with Gasteiger partial charge in [-0.2, -0.15) is 0 Å². The summed E-state index contributed by atoms with van der Waals surface area (Å²) < 4.78 is 23.4. The molecule has 0 saturated carbocycles. The highest BCUT2D eigenvalue weighted by Gasteiger charge is 2.43. The van der Waals surface area contributed by atoms with E-state index in [0.717, 1.165) is 11.3 Å². The van der Waals surface area contributed by atoms with E-state index < -0.39 is 17.2 Å². The third-order valence-corrected chi connectivity index (χ3v) is 5.23. The van der Waals surface area contributed by atoms with Gasteiger partial charge in [-0.1, -0.05) is 30.3 Å². The van der Waals surface area contributed by atoms with Crippen molar-refractivity contribution in [3.63, 3.8) is 0 Å². The number of oxazole rings is 1. The van der Waals surface area contributed by atoms with Gasteiger partial charge in [0, 0.05) is 18.6 Å². The molecule has 2 aromatic carbocycles. The molecule has 0 bridgehead atoms. The Morgan fingerprint density at radius 1 is 1.06 bits per heavy atom. The van der Waals surface area contributed by atoms with Crippen molar-refractivity contribution in [1.82, 2.24) is 4.98 Å². The zero-order chi connectivity index (χ0) is 24.8. The Bertz CT molecular complexity index is 1060. The first-order valence-electron chi connectivity index (χ1n) is 11.5. The Morgan fingerprint density at radius 3 is 2.32 bits per heavy atom. The summed E-state index contributed by atoms with van der Waals surface area (Å²) in [4.78, 5) is 17.7. The van der Waals surface area contributed by atoms with Gasteiger partial charge in [0.05, 0.1) is 0 Å². The minimum atomic E-state index is -1.28. The van der Waals surface area contributed by atoms with E-state index >= 15 is 0 Å². The Hall–Kier alpha value is -3.16. The van der Waals surface area contributed by atoms with Crippen molar-refractivity contribution in [2.75, 3.05) is 13.2 Å². The summed E-state index contributed by atoms with van der Waals surface area (Å²) in [7, 11) is 0. The Kier molecular flexibility index (Phi) is 8.12. The summed E-state index contributed by atoms with van der Waals surface area (Å²) in [6, 6.07) is 17.0. The third kappa shape index (κ3) is 6.04. The zero-order valence-corrected chi connectivity index (χ0v) is 20.6. The summed E-state index contributed by atoms with van der Waals surface area (Å²) in [5.74, 6) is 1.45. The van der Waals surface area contributed by atoms with Crippen LogP contribution in [0.15, 0.2) is 59.0 Å². The summed E-state index contributed by atoms with van der Waals surface area (Å²) in [6.45, 7) is 10.1. The van der Waals surface area contributed by atoms with Gasteiger partial charge < -0.3 is 24.4 Å². The zero-order valence-electron chi connectivity index (χ0n) is 20.6. The van der Waals surface area contributed by atoms with Crippen LogP contribution < -0.4 is 10.5 Å². The van der Waals surface area contributed by atoms with E-state index in [1.54, 1.807) is 12.1 Å². The van der Waals surface area contributed by atoms with E-state index in [2.05, 4.69) is 4.98 Å². The molecule has 1 atom stereocenters. The first-order valence-corrected chi connectivity index (χ1v) is 11.5. The normalized spacial score (nSPS) is 13.4. The second-order valence-corrected chi connectivity index (χ2v) is 9.00. The summed E-state index contributed by atoms with van der Waals surface area (Å²) in [6.07, 6.45) is 0.302. The van der Waals surface area contributed by atoms with E-state index in [9.17, 15) is 4.79 Å². The molecule has 2 N–H and O–H groups in total. The van der Waals surface area contributed by atoms with Gasteiger partial charge in [0.2, 0.25) is 5.89 Å². The van der Waals surface area contributed by atoms with Gasteiger partial charge in [-0.15, -0.1) is 0 Å². The van der Waals surface area contributed by atoms with Gasteiger partial charge in [-0.3, -0.25) is 0 Å². The van der Waals surface area contributed by atoms with Crippen LogP contribution in [0.2, 0.25) is 0 Å².